The summed E-state index contributed by atoms with van der Waals surface area (Å²) in [6.45, 7) is 0. The van der Waals surface area contributed by atoms with Gasteiger partial charge in [0.2, 0.25) is 0 Å². The summed E-state index contributed by atoms with van der Waals surface area (Å²) in [7, 11) is 0. The third-order valence-corrected chi connectivity index (χ3v) is 0. The second-order valence-corrected chi connectivity index (χ2v) is 0. The fraction of sp³-hybridized carbons (Fsp3) is 0. The van der Waals surface area contributed by atoms with Crippen molar-refractivity contribution in [3.63, 3.8) is 0 Å². The predicted molar refractivity (Wildman–Crippen MR) is 17.8 cm³/mol. The molecule has 4 heteroatoms. The number of hydrogen-bond donors (Lipinski definition) is 0. The van der Waals surface area contributed by atoms with E-state index in [1.54, 1.807) is 0 Å². The van der Waals surface area contributed by atoms with Crippen molar-refractivity contribution < 1.29 is 23.7 Å². The van der Waals surface area contributed by atoms with Gasteiger partial charge in [-0.2, -0.15) is 0 Å². The van der Waals surface area contributed by atoms with E-state index >= 15 is 0 Å². The minimum atomic E-state index is 0. The second-order valence-electron chi connectivity index (χ2n) is 0. The standard InChI is InChI=1S/Bi.Li.O.Ti.4H. The molecule has 0 aromatic carbocycles. The third kappa shape index (κ3) is 9.00. The van der Waals surface area contributed by atoms with Gasteiger partial charge in [-0.3, -0.25) is 0 Å². The van der Waals surface area contributed by atoms with E-state index in [1.165, 1.54) is 0 Å². The molecule has 20 valence electrons. The van der Waals surface area contributed by atoms with Crippen LogP contribution >= 0.6 is 0 Å². The molecule has 0 saturated heterocycles. The summed E-state index contributed by atoms with van der Waals surface area (Å²) in [6.07, 6.45) is 0. The van der Waals surface area contributed by atoms with Gasteiger partial charge in [0.25, 0.3) is 0 Å². The molecule has 4 heavy (non-hydrogen) atoms. The van der Waals surface area contributed by atoms with Crippen molar-refractivity contribution in [2.45, 2.75) is 0 Å². The Bertz CT molecular complexity index is 8.00. The Morgan fingerprint density at radius 1 is 1.25 bits per heavy atom. The van der Waals surface area contributed by atoms with Crippen LogP contribution in [0.15, 0.2) is 0 Å². The van der Waals surface area contributed by atoms with Crippen LogP contribution in [0.4, 0.5) is 0 Å². The molecule has 0 fully saturated rings. The zero-order valence-corrected chi connectivity index (χ0v) is 8.67. The summed E-state index contributed by atoms with van der Waals surface area (Å²) in [5.41, 5.74) is 0. The molecule has 1 nitrogen and oxygen atoms in total. The van der Waals surface area contributed by atoms with Gasteiger partial charge in [-0.25, -0.2) is 0 Å². The van der Waals surface area contributed by atoms with E-state index in [0.717, 1.165) is 20.4 Å². The molecule has 0 unspecified atom stereocenters. The molecule has 0 aromatic heterocycles. The Morgan fingerprint density at radius 3 is 1.25 bits per heavy atom. The summed E-state index contributed by atoms with van der Waals surface area (Å²) < 4.78 is 8.25. The average molecular weight is 284 g/mol. The molecule has 0 saturated carbocycles. The molecule has 0 bridgehead atoms. The van der Waals surface area contributed by atoms with Crippen LogP contribution in [-0.2, 0) is 23.7 Å². The molecule has 0 aliphatic rings. The van der Waals surface area contributed by atoms with Crippen molar-refractivity contribution in [2.75, 3.05) is 0 Å². The molecule has 0 radical (unpaired) electrons. The van der Waals surface area contributed by atoms with Crippen molar-refractivity contribution in [3.05, 3.63) is 0 Å². The van der Waals surface area contributed by atoms with Crippen molar-refractivity contribution >= 4 is 45.1 Å². The molecule has 0 amide bonds. The first-order valence-corrected chi connectivity index (χ1v) is 0.842. The first kappa shape index (κ1) is 16.7. The predicted octanol–water partition coefficient (Wildman–Crippen LogP) is -1.95. The van der Waals surface area contributed by atoms with E-state index in [9.17, 15) is 0 Å². The Kier molecular flexibility index (Phi) is 83.5. The zero-order chi connectivity index (χ0) is 2.00. The van der Waals surface area contributed by atoms with Crippen LogP contribution in [0.3, 0.4) is 0 Å². The monoisotopic (exact) mass is 284 g/mol. The summed E-state index contributed by atoms with van der Waals surface area (Å²) in [5.74, 6) is 0. The van der Waals surface area contributed by atoms with E-state index in [4.69, 9.17) is 3.32 Å². The third-order valence-electron chi connectivity index (χ3n) is 0. The normalized spacial score (nSPS) is 0.750. The van der Waals surface area contributed by atoms with Crippen LogP contribution in [0.5, 0.6) is 0 Å². The van der Waals surface area contributed by atoms with Crippen LogP contribution in [0.2, 0.25) is 0 Å². The fourth-order valence-corrected chi connectivity index (χ4v) is 0. The summed E-state index contributed by atoms with van der Waals surface area (Å²) in [4.78, 5) is 0. The topological polar surface area (TPSA) is 17.1 Å². The summed E-state index contributed by atoms with van der Waals surface area (Å²) in [6, 6.07) is 0. The van der Waals surface area contributed by atoms with Gasteiger partial charge in [-0.1, -0.05) is 0 Å². The molecule has 0 atom stereocenters. The Balaban J connectivity index is -0.00000000500. The van der Waals surface area contributed by atoms with Crippen LogP contribution < -0.4 is 0 Å². The van der Waals surface area contributed by atoms with E-state index in [0.29, 0.717) is 0 Å². The molecular weight excluding hydrogens is 280 g/mol. The van der Waals surface area contributed by atoms with E-state index in [2.05, 4.69) is 0 Å². The molecule has 0 rings (SSSR count). The van der Waals surface area contributed by atoms with Crippen molar-refractivity contribution in [1.29, 1.82) is 0 Å². The molecule has 0 aromatic rings. The first-order chi connectivity index (χ1) is 1.00. The number of hydrogen-bond acceptors (Lipinski definition) is 1. The fourth-order valence-electron chi connectivity index (χ4n) is 0. The molecular formula is H4BiLiOTi. The molecule has 0 N–H and O–H groups in total. The SMILES string of the molecule is [BiH3].[LiH].[O]=[Ti]. The Hall–Kier alpha value is 1.99. The van der Waals surface area contributed by atoms with Gasteiger partial charge in [0.05, 0.1) is 0 Å². The maximum absolute atomic E-state index is 8.25. The summed E-state index contributed by atoms with van der Waals surface area (Å²) in [5, 5.41) is 0. The zero-order valence-electron chi connectivity index (χ0n) is 1.62. The van der Waals surface area contributed by atoms with Gasteiger partial charge in [0.1, 0.15) is 0 Å². The quantitative estimate of drug-likeness (QED) is 0.472. The van der Waals surface area contributed by atoms with Gasteiger partial charge >= 0.3 is 68.8 Å². The van der Waals surface area contributed by atoms with Crippen LogP contribution in [0, 0.1) is 0 Å². The van der Waals surface area contributed by atoms with Crippen LogP contribution in [0.1, 0.15) is 0 Å². The number of rotatable bonds is 0. The first-order valence-electron chi connectivity index (χ1n) is 0.204. The van der Waals surface area contributed by atoms with Crippen molar-refractivity contribution in [3.8, 4) is 0 Å². The average Bonchev–Trinajstić information content (AvgIpc) is 1.00. The van der Waals surface area contributed by atoms with Gasteiger partial charge in [0, 0.05) is 0 Å². The maximum atomic E-state index is 8.25. The van der Waals surface area contributed by atoms with E-state index in [-0.39, 0.29) is 45.1 Å². The van der Waals surface area contributed by atoms with E-state index in [1.807, 2.05) is 0 Å². The molecule has 0 heterocycles. The van der Waals surface area contributed by atoms with Gasteiger partial charge in [-0.05, 0) is 0 Å². The van der Waals surface area contributed by atoms with Crippen molar-refractivity contribution in [2.24, 2.45) is 0 Å². The second kappa shape index (κ2) is 20.0. The van der Waals surface area contributed by atoms with Crippen LogP contribution in [0.25, 0.3) is 0 Å². The van der Waals surface area contributed by atoms with Crippen LogP contribution in [-0.4, -0.2) is 45.1 Å². The molecule has 0 aliphatic carbocycles. The molecule has 0 spiro atoms. The van der Waals surface area contributed by atoms with Gasteiger partial charge < -0.3 is 0 Å². The molecule has 0 aliphatic heterocycles. The minimum absolute atomic E-state index is 0. The van der Waals surface area contributed by atoms with Gasteiger partial charge in [-0.15, -0.1) is 0 Å². The summed E-state index contributed by atoms with van der Waals surface area (Å²) >= 11 is 0.750. The van der Waals surface area contributed by atoms with Gasteiger partial charge in [0.15, 0.2) is 0 Å². The van der Waals surface area contributed by atoms with Crippen molar-refractivity contribution in [1.82, 2.24) is 0 Å². The van der Waals surface area contributed by atoms with E-state index < -0.39 is 0 Å². The Labute approximate surface area is 67.9 Å². The Morgan fingerprint density at radius 2 is 1.25 bits per heavy atom.